The third-order valence-corrected chi connectivity index (χ3v) is 3.28. The summed E-state index contributed by atoms with van der Waals surface area (Å²) in [5.74, 6) is 0.407. The lowest BCUT2D eigenvalue weighted by Gasteiger charge is -2.45. The standard InChI is InChI=1S/C13H14ClN5O/c1-13(20)6-19(7-13)10-4-2-9(3-5-10)17-12-16-8-15-11(14)18-12/h2-5,8,20H,6-7H2,1H3,(H,15,16,17,18). The van der Waals surface area contributed by atoms with Crippen LogP contribution in [0.2, 0.25) is 5.28 Å². The Kier molecular flexibility index (Phi) is 3.19. The zero-order valence-corrected chi connectivity index (χ0v) is 11.7. The summed E-state index contributed by atoms with van der Waals surface area (Å²) in [5.41, 5.74) is 1.37. The normalized spacial score (nSPS) is 16.6. The molecular weight excluding hydrogens is 278 g/mol. The molecule has 104 valence electrons. The molecule has 1 saturated heterocycles. The van der Waals surface area contributed by atoms with E-state index in [9.17, 15) is 5.11 Å². The summed E-state index contributed by atoms with van der Waals surface area (Å²) in [5, 5.41) is 12.9. The monoisotopic (exact) mass is 291 g/mol. The number of aromatic nitrogens is 3. The molecule has 1 aliphatic heterocycles. The molecule has 1 aromatic heterocycles. The van der Waals surface area contributed by atoms with Gasteiger partial charge < -0.3 is 15.3 Å². The molecule has 1 aromatic carbocycles. The van der Waals surface area contributed by atoms with Crippen LogP contribution < -0.4 is 10.2 Å². The zero-order valence-electron chi connectivity index (χ0n) is 10.9. The second-order valence-electron chi connectivity index (χ2n) is 5.10. The average Bonchev–Trinajstić information content (AvgIpc) is 2.37. The molecule has 1 aliphatic rings. The Bertz CT molecular complexity index is 608. The van der Waals surface area contributed by atoms with Crippen LogP contribution in [0.15, 0.2) is 30.6 Å². The van der Waals surface area contributed by atoms with Crippen LogP contribution in [0.4, 0.5) is 17.3 Å². The van der Waals surface area contributed by atoms with E-state index in [1.165, 1.54) is 6.33 Å². The van der Waals surface area contributed by atoms with Gasteiger partial charge in [-0.3, -0.25) is 0 Å². The number of benzene rings is 1. The van der Waals surface area contributed by atoms with Crippen molar-refractivity contribution in [1.82, 2.24) is 15.0 Å². The first-order valence-corrected chi connectivity index (χ1v) is 6.59. The maximum atomic E-state index is 9.73. The Morgan fingerprint density at radius 3 is 2.55 bits per heavy atom. The van der Waals surface area contributed by atoms with E-state index in [1.54, 1.807) is 0 Å². The van der Waals surface area contributed by atoms with Crippen molar-refractivity contribution in [2.45, 2.75) is 12.5 Å². The van der Waals surface area contributed by atoms with Gasteiger partial charge in [-0.25, -0.2) is 9.97 Å². The molecule has 0 bridgehead atoms. The molecule has 7 heteroatoms. The highest BCUT2D eigenvalue weighted by atomic mass is 35.5. The topological polar surface area (TPSA) is 74.2 Å². The third kappa shape index (κ3) is 2.81. The number of β-amino-alcohol motifs (C(OH)–C–C–N with tert-alkyl or cyclic N) is 1. The van der Waals surface area contributed by atoms with Gasteiger partial charge in [-0.15, -0.1) is 0 Å². The van der Waals surface area contributed by atoms with Gasteiger partial charge in [0, 0.05) is 24.5 Å². The van der Waals surface area contributed by atoms with Crippen molar-refractivity contribution in [1.29, 1.82) is 0 Å². The SMILES string of the molecule is CC1(O)CN(c2ccc(Nc3ncnc(Cl)n3)cc2)C1. The van der Waals surface area contributed by atoms with E-state index in [0.717, 1.165) is 11.4 Å². The smallest absolute Gasteiger partial charge is 0.231 e. The van der Waals surface area contributed by atoms with Crippen molar-refractivity contribution in [3.8, 4) is 0 Å². The molecular formula is C13H14ClN5O. The molecule has 20 heavy (non-hydrogen) atoms. The van der Waals surface area contributed by atoms with Gasteiger partial charge in [0.15, 0.2) is 0 Å². The summed E-state index contributed by atoms with van der Waals surface area (Å²) < 4.78 is 0. The molecule has 6 nitrogen and oxygen atoms in total. The van der Waals surface area contributed by atoms with Gasteiger partial charge >= 0.3 is 0 Å². The van der Waals surface area contributed by atoms with Crippen molar-refractivity contribution in [2.75, 3.05) is 23.3 Å². The van der Waals surface area contributed by atoms with Crippen LogP contribution in [-0.4, -0.2) is 38.7 Å². The molecule has 0 spiro atoms. The maximum Gasteiger partial charge on any atom is 0.231 e. The summed E-state index contributed by atoms with van der Waals surface area (Å²) >= 11 is 5.70. The first kappa shape index (κ1) is 13.1. The average molecular weight is 292 g/mol. The van der Waals surface area contributed by atoms with E-state index in [1.807, 2.05) is 31.2 Å². The highest BCUT2D eigenvalue weighted by Gasteiger charge is 2.36. The van der Waals surface area contributed by atoms with Gasteiger partial charge in [0.25, 0.3) is 0 Å². The lowest BCUT2D eigenvalue weighted by atomic mass is 9.96. The van der Waals surface area contributed by atoms with E-state index >= 15 is 0 Å². The molecule has 0 aliphatic carbocycles. The van der Waals surface area contributed by atoms with Crippen LogP contribution in [0.3, 0.4) is 0 Å². The van der Waals surface area contributed by atoms with E-state index in [4.69, 9.17) is 11.6 Å². The summed E-state index contributed by atoms with van der Waals surface area (Å²) in [4.78, 5) is 13.8. The summed E-state index contributed by atoms with van der Waals surface area (Å²) in [6.45, 7) is 3.15. The minimum atomic E-state index is -0.571. The molecule has 0 unspecified atom stereocenters. The number of rotatable bonds is 3. The first-order valence-electron chi connectivity index (χ1n) is 6.21. The van der Waals surface area contributed by atoms with Gasteiger partial charge in [0.2, 0.25) is 11.2 Å². The Morgan fingerprint density at radius 1 is 1.25 bits per heavy atom. The number of aliphatic hydroxyl groups is 1. The zero-order chi connectivity index (χ0) is 14.2. The number of nitrogens with one attached hydrogen (secondary N) is 1. The third-order valence-electron chi connectivity index (χ3n) is 3.09. The quantitative estimate of drug-likeness (QED) is 0.899. The van der Waals surface area contributed by atoms with Crippen molar-refractivity contribution >= 4 is 28.9 Å². The second-order valence-corrected chi connectivity index (χ2v) is 5.44. The molecule has 2 aromatic rings. The Morgan fingerprint density at radius 2 is 1.95 bits per heavy atom. The molecule has 0 atom stereocenters. The minimum Gasteiger partial charge on any atom is -0.386 e. The van der Waals surface area contributed by atoms with E-state index in [-0.39, 0.29) is 5.28 Å². The van der Waals surface area contributed by atoms with Crippen LogP contribution in [0.5, 0.6) is 0 Å². The molecule has 0 amide bonds. The van der Waals surface area contributed by atoms with Gasteiger partial charge in [-0.2, -0.15) is 4.98 Å². The fraction of sp³-hybridized carbons (Fsp3) is 0.308. The molecule has 2 heterocycles. The summed E-state index contributed by atoms with van der Waals surface area (Å²) in [7, 11) is 0. The van der Waals surface area contributed by atoms with Gasteiger partial charge in [-0.05, 0) is 42.8 Å². The molecule has 0 radical (unpaired) electrons. The predicted octanol–water partition coefficient (Wildman–Crippen LogP) is 1.84. The Labute approximate surface area is 121 Å². The lowest BCUT2D eigenvalue weighted by Crippen LogP contribution is -2.60. The Balaban J connectivity index is 1.68. The minimum absolute atomic E-state index is 0.155. The van der Waals surface area contributed by atoms with Crippen LogP contribution in [0.25, 0.3) is 0 Å². The van der Waals surface area contributed by atoms with E-state index in [0.29, 0.717) is 19.0 Å². The maximum absolute atomic E-state index is 9.73. The van der Waals surface area contributed by atoms with Gasteiger partial charge in [0.1, 0.15) is 6.33 Å². The summed E-state index contributed by atoms with van der Waals surface area (Å²) in [6.07, 6.45) is 1.36. The molecule has 2 N–H and O–H groups in total. The molecule has 0 saturated carbocycles. The van der Waals surface area contributed by atoms with Gasteiger partial charge in [-0.1, -0.05) is 0 Å². The highest BCUT2D eigenvalue weighted by molar-refractivity contribution is 6.28. The first-order chi connectivity index (χ1) is 9.52. The van der Waals surface area contributed by atoms with Crippen LogP contribution in [-0.2, 0) is 0 Å². The fourth-order valence-electron chi connectivity index (χ4n) is 2.18. The largest absolute Gasteiger partial charge is 0.386 e. The highest BCUT2D eigenvalue weighted by Crippen LogP contribution is 2.28. The van der Waals surface area contributed by atoms with Crippen molar-refractivity contribution in [3.63, 3.8) is 0 Å². The Hall–Kier alpha value is -1.92. The van der Waals surface area contributed by atoms with E-state index < -0.39 is 5.60 Å². The fourth-order valence-corrected chi connectivity index (χ4v) is 2.30. The molecule has 3 rings (SSSR count). The number of hydrogen-bond donors (Lipinski definition) is 2. The van der Waals surface area contributed by atoms with Crippen LogP contribution in [0, 0.1) is 0 Å². The number of hydrogen-bond acceptors (Lipinski definition) is 6. The predicted molar refractivity (Wildman–Crippen MR) is 77.4 cm³/mol. The van der Waals surface area contributed by atoms with E-state index in [2.05, 4.69) is 25.2 Å². The summed E-state index contributed by atoms with van der Waals surface area (Å²) in [6, 6.07) is 7.83. The molecule has 1 fully saturated rings. The number of halogens is 1. The van der Waals surface area contributed by atoms with Crippen molar-refractivity contribution in [3.05, 3.63) is 35.9 Å². The van der Waals surface area contributed by atoms with Crippen LogP contribution >= 0.6 is 11.6 Å². The second kappa shape index (κ2) is 4.88. The van der Waals surface area contributed by atoms with Gasteiger partial charge in [0.05, 0.1) is 5.60 Å². The number of anilines is 3. The lowest BCUT2D eigenvalue weighted by molar-refractivity contribution is 0.0310. The number of nitrogens with zero attached hydrogens (tertiary/aromatic N) is 4. The van der Waals surface area contributed by atoms with Crippen molar-refractivity contribution < 1.29 is 5.11 Å². The van der Waals surface area contributed by atoms with Crippen molar-refractivity contribution in [2.24, 2.45) is 0 Å². The van der Waals surface area contributed by atoms with Crippen LogP contribution in [0.1, 0.15) is 6.92 Å².